The van der Waals surface area contributed by atoms with Crippen LogP contribution >= 0.6 is 0 Å². The maximum Gasteiger partial charge on any atom is 0.257 e. The fourth-order valence-corrected chi connectivity index (χ4v) is 4.74. The van der Waals surface area contributed by atoms with E-state index < -0.39 is 0 Å². The fraction of sp³-hybridized carbons (Fsp3) is 0.700. The van der Waals surface area contributed by atoms with Crippen molar-refractivity contribution in [1.82, 2.24) is 14.7 Å². The molecule has 0 aromatic carbocycles. The number of carbonyl (C=O) groups excluding carboxylic acids is 2. The number of piperidine rings is 2. The Bertz CT molecular complexity index is 616. The second-order valence-electron chi connectivity index (χ2n) is 7.90. The first-order valence-corrected chi connectivity index (χ1v) is 10.1. The van der Waals surface area contributed by atoms with Crippen LogP contribution in [0.15, 0.2) is 23.0 Å². The molecule has 142 valence electrons. The maximum atomic E-state index is 12.7. The lowest BCUT2D eigenvalue weighted by atomic mass is 9.93. The van der Waals surface area contributed by atoms with Crippen LogP contribution in [-0.2, 0) is 4.79 Å². The highest BCUT2D eigenvalue weighted by Gasteiger charge is 2.34. The molecule has 1 aromatic rings. The lowest BCUT2D eigenvalue weighted by molar-refractivity contribution is -0.136. The molecule has 0 aliphatic carbocycles. The molecular formula is C20H29N3O3. The van der Waals surface area contributed by atoms with E-state index >= 15 is 0 Å². The van der Waals surface area contributed by atoms with E-state index in [9.17, 15) is 9.59 Å². The zero-order valence-corrected chi connectivity index (χ0v) is 15.4. The van der Waals surface area contributed by atoms with Gasteiger partial charge in [-0.05, 0) is 51.1 Å². The predicted molar refractivity (Wildman–Crippen MR) is 97.7 cm³/mol. The van der Waals surface area contributed by atoms with Crippen molar-refractivity contribution in [1.29, 1.82) is 0 Å². The minimum atomic E-state index is 0.0675. The molecule has 6 heteroatoms. The van der Waals surface area contributed by atoms with Crippen LogP contribution < -0.4 is 0 Å². The van der Waals surface area contributed by atoms with Gasteiger partial charge in [-0.25, -0.2) is 0 Å². The van der Waals surface area contributed by atoms with E-state index in [2.05, 4.69) is 9.80 Å². The van der Waals surface area contributed by atoms with E-state index in [0.717, 1.165) is 77.8 Å². The first-order valence-electron chi connectivity index (χ1n) is 10.1. The van der Waals surface area contributed by atoms with E-state index in [1.165, 1.54) is 6.26 Å². The van der Waals surface area contributed by atoms with Gasteiger partial charge >= 0.3 is 0 Å². The summed E-state index contributed by atoms with van der Waals surface area (Å²) in [6, 6.07) is 2.23. The van der Waals surface area contributed by atoms with Gasteiger partial charge in [-0.3, -0.25) is 14.5 Å². The number of nitrogens with zero attached hydrogens (tertiary/aromatic N) is 3. The van der Waals surface area contributed by atoms with Gasteiger partial charge in [-0.2, -0.15) is 0 Å². The minimum Gasteiger partial charge on any atom is -0.472 e. The monoisotopic (exact) mass is 359 g/mol. The molecule has 4 heterocycles. The van der Waals surface area contributed by atoms with Crippen LogP contribution in [0, 0.1) is 5.92 Å². The van der Waals surface area contributed by atoms with Crippen molar-refractivity contribution in [2.45, 2.75) is 44.6 Å². The standard InChI is InChI=1S/C20H29N3O3/c24-19(21-8-1-2-9-21)16-4-3-10-23(14-16)18-5-11-22(12-6-18)20(25)17-7-13-26-15-17/h7,13,15-16,18H,1-6,8-12,14H2/t16-/m1/s1. The largest absolute Gasteiger partial charge is 0.472 e. The maximum absolute atomic E-state index is 12.7. The molecule has 0 radical (unpaired) electrons. The summed E-state index contributed by atoms with van der Waals surface area (Å²) in [6.07, 6.45) is 9.51. The number of hydrogen-bond donors (Lipinski definition) is 0. The Hall–Kier alpha value is -1.82. The van der Waals surface area contributed by atoms with Crippen LogP contribution in [0.1, 0.15) is 48.9 Å². The quantitative estimate of drug-likeness (QED) is 0.830. The Kier molecular flexibility index (Phi) is 5.29. The van der Waals surface area contributed by atoms with E-state index in [1.807, 2.05) is 4.90 Å². The van der Waals surface area contributed by atoms with Crippen LogP contribution in [-0.4, -0.2) is 71.8 Å². The molecule has 1 aromatic heterocycles. The van der Waals surface area contributed by atoms with Crippen molar-refractivity contribution in [2.24, 2.45) is 5.92 Å². The van der Waals surface area contributed by atoms with Crippen LogP contribution in [0.3, 0.4) is 0 Å². The third-order valence-corrected chi connectivity index (χ3v) is 6.26. The number of furan rings is 1. The summed E-state index contributed by atoms with van der Waals surface area (Å²) in [5.41, 5.74) is 0.637. The van der Waals surface area contributed by atoms with Gasteiger partial charge in [0.25, 0.3) is 5.91 Å². The number of hydrogen-bond acceptors (Lipinski definition) is 4. The van der Waals surface area contributed by atoms with E-state index in [-0.39, 0.29) is 11.8 Å². The Morgan fingerprint density at radius 3 is 2.38 bits per heavy atom. The van der Waals surface area contributed by atoms with Gasteiger partial charge in [0.15, 0.2) is 0 Å². The van der Waals surface area contributed by atoms with Crippen molar-refractivity contribution in [3.63, 3.8) is 0 Å². The molecule has 0 unspecified atom stereocenters. The molecule has 3 aliphatic rings. The average molecular weight is 359 g/mol. The van der Waals surface area contributed by atoms with Crippen LogP contribution in [0.5, 0.6) is 0 Å². The van der Waals surface area contributed by atoms with Crippen molar-refractivity contribution < 1.29 is 14.0 Å². The van der Waals surface area contributed by atoms with Crippen LogP contribution in [0.2, 0.25) is 0 Å². The summed E-state index contributed by atoms with van der Waals surface area (Å²) < 4.78 is 5.03. The highest BCUT2D eigenvalue weighted by atomic mass is 16.3. The second-order valence-corrected chi connectivity index (χ2v) is 7.90. The van der Waals surface area contributed by atoms with Gasteiger partial charge in [-0.15, -0.1) is 0 Å². The lowest BCUT2D eigenvalue weighted by Crippen LogP contribution is -2.51. The van der Waals surface area contributed by atoms with Gasteiger partial charge in [0.2, 0.25) is 5.91 Å². The first-order chi connectivity index (χ1) is 12.7. The molecule has 3 saturated heterocycles. The van der Waals surface area contributed by atoms with Gasteiger partial charge in [0.1, 0.15) is 6.26 Å². The Balaban J connectivity index is 1.30. The number of likely N-dealkylation sites (tertiary alicyclic amines) is 3. The van der Waals surface area contributed by atoms with Crippen molar-refractivity contribution in [3.05, 3.63) is 24.2 Å². The third kappa shape index (κ3) is 3.65. The molecule has 26 heavy (non-hydrogen) atoms. The second kappa shape index (κ2) is 7.82. The van der Waals surface area contributed by atoms with Gasteiger partial charge in [-0.1, -0.05) is 0 Å². The molecule has 6 nitrogen and oxygen atoms in total. The number of carbonyl (C=O) groups is 2. The van der Waals surface area contributed by atoms with Crippen LogP contribution in [0.25, 0.3) is 0 Å². The molecule has 0 saturated carbocycles. The zero-order valence-electron chi connectivity index (χ0n) is 15.4. The molecule has 3 aliphatic heterocycles. The van der Waals surface area contributed by atoms with E-state index in [0.29, 0.717) is 17.5 Å². The number of rotatable bonds is 3. The molecular weight excluding hydrogens is 330 g/mol. The van der Waals surface area contributed by atoms with Gasteiger partial charge in [0.05, 0.1) is 17.7 Å². The molecule has 1 atom stereocenters. The minimum absolute atomic E-state index is 0.0675. The lowest BCUT2D eigenvalue weighted by Gasteiger charge is -2.42. The van der Waals surface area contributed by atoms with E-state index in [1.54, 1.807) is 12.3 Å². The SMILES string of the molecule is O=C(c1ccoc1)N1CCC(N2CCC[C@@H](C(=O)N3CCCC3)C2)CC1. The summed E-state index contributed by atoms with van der Waals surface area (Å²) in [4.78, 5) is 31.7. The summed E-state index contributed by atoms with van der Waals surface area (Å²) in [7, 11) is 0. The van der Waals surface area contributed by atoms with Crippen molar-refractivity contribution in [3.8, 4) is 0 Å². The molecule has 2 amide bonds. The average Bonchev–Trinajstić information content (AvgIpc) is 3.41. The third-order valence-electron chi connectivity index (χ3n) is 6.26. The molecule has 0 N–H and O–H groups in total. The first kappa shape index (κ1) is 17.6. The molecule has 0 bridgehead atoms. The van der Waals surface area contributed by atoms with Crippen molar-refractivity contribution >= 4 is 11.8 Å². The summed E-state index contributed by atoms with van der Waals surface area (Å²) in [5.74, 6) is 0.616. The normalized spacial score (nSPS) is 25.6. The highest BCUT2D eigenvalue weighted by Crippen LogP contribution is 2.26. The molecule has 3 fully saturated rings. The fourth-order valence-electron chi connectivity index (χ4n) is 4.74. The topological polar surface area (TPSA) is 57.0 Å². The molecule has 0 spiro atoms. The smallest absolute Gasteiger partial charge is 0.257 e. The van der Waals surface area contributed by atoms with E-state index in [4.69, 9.17) is 4.42 Å². The number of amides is 2. The predicted octanol–water partition coefficient (Wildman–Crippen LogP) is 2.22. The molecule has 4 rings (SSSR count). The Morgan fingerprint density at radius 1 is 0.923 bits per heavy atom. The van der Waals surface area contributed by atoms with Crippen LogP contribution in [0.4, 0.5) is 0 Å². The van der Waals surface area contributed by atoms with Gasteiger partial charge in [0, 0.05) is 38.8 Å². The highest BCUT2D eigenvalue weighted by molar-refractivity contribution is 5.93. The summed E-state index contributed by atoms with van der Waals surface area (Å²) in [6.45, 7) is 5.46. The Labute approximate surface area is 155 Å². The Morgan fingerprint density at radius 2 is 1.69 bits per heavy atom. The zero-order chi connectivity index (χ0) is 17.9. The van der Waals surface area contributed by atoms with Gasteiger partial charge < -0.3 is 14.2 Å². The van der Waals surface area contributed by atoms with Crippen molar-refractivity contribution in [2.75, 3.05) is 39.3 Å². The summed E-state index contributed by atoms with van der Waals surface area (Å²) >= 11 is 0. The summed E-state index contributed by atoms with van der Waals surface area (Å²) in [5, 5.41) is 0.